The zero-order chi connectivity index (χ0) is 27.4. The lowest BCUT2D eigenvalue weighted by molar-refractivity contribution is 0.0734. The van der Waals surface area contributed by atoms with Gasteiger partial charge in [0.25, 0.3) is 5.91 Å². The van der Waals surface area contributed by atoms with Gasteiger partial charge in [0, 0.05) is 21.0 Å². The number of hydrogen-bond donors (Lipinski definition) is 2. The minimum absolute atomic E-state index is 0.244. The molecule has 0 aliphatic heterocycles. The Kier molecular flexibility index (Phi) is 7.76. The first-order valence-electron chi connectivity index (χ1n) is 11.8. The van der Waals surface area contributed by atoms with E-state index >= 15 is 0 Å². The van der Waals surface area contributed by atoms with Crippen LogP contribution in [0.2, 0.25) is 5.02 Å². The number of aromatic nitrogens is 1. The van der Waals surface area contributed by atoms with E-state index in [1.54, 1.807) is 55.6 Å². The van der Waals surface area contributed by atoms with Gasteiger partial charge in [-0.3, -0.25) is 4.79 Å². The number of ether oxygens (including phenoxy) is 2. The highest BCUT2D eigenvalue weighted by molar-refractivity contribution is 9.10. The van der Waals surface area contributed by atoms with Gasteiger partial charge in [-0.15, -0.1) is 0 Å². The van der Waals surface area contributed by atoms with Crippen LogP contribution in [-0.2, 0) is 0 Å². The lowest BCUT2D eigenvalue weighted by atomic mass is 10.0. The number of esters is 1. The molecule has 0 saturated carbocycles. The lowest BCUT2D eigenvalue weighted by Crippen LogP contribution is -2.19. The summed E-state index contributed by atoms with van der Waals surface area (Å²) < 4.78 is 11.9. The van der Waals surface area contributed by atoms with Gasteiger partial charge in [-0.2, -0.15) is 5.10 Å². The molecular weight excluding hydrogens is 582 g/mol. The van der Waals surface area contributed by atoms with Crippen LogP contribution in [0.15, 0.2) is 101 Å². The molecule has 2 N–H and O–H groups in total. The fourth-order valence-electron chi connectivity index (χ4n) is 4.15. The van der Waals surface area contributed by atoms with Crippen LogP contribution in [0.25, 0.3) is 22.0 Å². The molecular formula is C30H21BrClN3O4. The van der Waals surface area contributed by atoms with Gasteiger partial charge in [0.2, 0.25) is 0 Å². The number of nitrogens with zero attached hydrogens (tertiary/aromatic N) is 1. The van der Waals surface area contributed by atoms with Crippen molar-refractivity contribution in [2.75, 3.05) is 7.11 Å². The Balaban J connectivity index is 1.44. The minimum atomic E-state index is -0.601. The number of nitrogens with one attached hydrogen (secondary N) is 2. The van der Waals surface area contributed by atoms with Gasteiger partial charge in [0.15, 0.2) is 0 Å². The molecule has 0 aliphatic rings. The summed E-state index contributed by atoms with van der Waals surface area (Å²) in [5.41, 5.74) is 5.86. The first kappa shape index (κ1) is 26.2. The van der Waals surface area contributed by atoms with E-state index in [0.717, 1.165) is 15.4 Å². The highest BCUT2D eigenvalue weighted by Crippen LogP contribution is 2.40. The maximum absolute atomic E-state index is 13.4. The molecule has 1 aromatic heterocycles. The average molecular weight is 603 g/mol. The Hall–Kier alpha value is -4.40. The van der Waals surface area contributed by atoms with Crippen LogP contribution in [-0.4, -0.2) is 30.2 Å². The smallest absolute Gasteiger partial charge is 0.345 e. The summed E-state index contributed by atoms with van der Waals surface area (Å²) in [5.74, 6) is -0.191. The zero-order valence-corrected chi connectivity index (χ0v) is 22.9. The number of carbonyl (C=O) groups excluding carboxylic acids is 2. The SMILES string of the molecule is COc1ccc(Br)c2c(-c3ccccc3)c(C(=O)NN=Cc3ccccc3OC(=O)c3ccccc3Cl)[nH]c12. The number of hydrazone groups is 1. The quantitative estimate of drug-likeness (QED) is 0.0889. The predicted molar refractivity (Wildman–Crippen MR) is 156 cm³/mol. The predicted octanol–water partition coefficient (Wildman–Crippen LogP) is 7.24. The number of fused-ring (bicyclic) bond motifs is 1. The summed E-state index contributed by atoms with van der Waals surface area (Å²) in [6, 6.07) is 26.7. The number of aromatic amines is 1. The maximum Gasteiger partial charge on any atom is 0.345 e. The van der Waals surface area contributed by atoms with Crippen molar-refractivity contribution in [3.05, 3.63) is 117 Å². The number of benzene rings is 4. The summed E-state index contributed by atoms with van der Waals surface area (Å²) in [4.78, 5) is 29.2. The van der Waals surface area contributed by atoms with Crippen LogP contribution in [0, 0.1) is 0 Å². The third-order valence-corrected chi connectivity index (χ3v) is 6.95. The molecule has 0 fully saturated rings. The van der Waals surface area contributed by atoms with Crippen molar-refractivity contribution in [1.82, 2.24) is 10.4 Å². The van der Waals surface area contributed by atoms with Crippen molar-refractivity contribution in [2.45, 2.75) is 0 Å². The van der Waals surface area contributed by atoms with Crippen LogP contribution in [0.5, 0.6) is 11.5 Å². The summed E-state index contributed by atoms with van der Waals surface area (Å²) in [6.45, 7) is 0. The standard InChI is InChI=1S/C30H21BrClN3O4/c1-38-24-16-15-21(31)26-25(18-9-3-2-4-10-18)28(34-27(24)26)29(36)35-33-17-19-11-5-8-14-23(19)39-30(37)20-12-6-7-13-22(20)32/h2-17,34H,1H3,(H,35,36). The van der Waals surface area contributed by atoms with Gasteiger partial charge in [-0.25, -0.2) is 10.2 Å². The Labute approximate surface area is 237 Å². The minimum Gasteiger partial charge on any atom is -0.495 e. The number of hydrogen-bond acceptors (Lipinski definition) is 5. The second-order valence-corrected chi connectivity index (χ2v) is 9.61. The Morgan fingerprint density at radius 1 is 0.923 bits per heavy atom. The van der Waals surface area contributed by atoms with Crippen LogP contribution in [0.4, 0.5) is 0 Å². The molecule has 9 heteroatoms. The fourth-order valence-corrected chi connectivity index (χ4v) is 4.89. The van der Waals surface area contributed by atoms with E-state index in [1.807, 2.05) is 42.5 Å². The first-order chi connectivity index (χ1) is 19.0. The van der Waals surface area contributed by atoms with E-state index in [4.69, 9.17) is 21.1 Å². The maximum atomic E-state index is 13.4. The van der Waals surface area contributed by atoms with Crippen molar-refractivity contribution in [3.63, 3.8) is 0 Å². The van der Waals surface area contributed by atoms with Crippen LogP contribution in [0.1, 0.15) is 26.4 Å². The number of H-pyrrole nitrogens is 1. The molecule has 0 spiro atoms. The molecule has 0 atom stereocenters. The van der Waals surface area contributed by atoms with Gasteiger partial charge in [0.05, 0.1) is 29.4 Å². The molecule has 0 bridgehead atoms. The molecule has 5 rings (SSSR count). The summed E-state index contributed by atoms with van der Waals surface area (Å²) in [6.07, 6.45) is 1.41. The van der Waals surface area contributed by atoms with Gasteiger partial charge in [-0.05, 0) is 42.0 Å². The number of para-hydroxylation sites is 1. The molecule has 0 saturated heterocycles. The topological polar surface area (TPSA) is 92.8 Å². The first-order valence-corrected chi connectivity index (χ1v) is 13.0. The molecule has 39 heavy (non-hydrogen) atoms. The van der Waals surface area contributed by atoms with Crippen molar-refractivity contribution in [2.24, 2.45) is 5.10 Å². The van der Waals surface area contributed by atoms with Crippen molar-refractivity contribution in [3.8, 4) is 22.6 Å². The lowest BCUT2D eigenvalue weighted by Gasteiger charge is -2.08. The van der Waals surface area contributed by atoms with E-state index in [9.17, 15) is 9.59 Å². The Morgan fingerprint density at radius 3 is 2.41 bits per heavy atom. The third-order valence-electron chi connectivity index (χ3n) is 5.96. The molecule has 0 radical (unpaired) electrons. The summed E-state index contributed by atoms with van der Waals surface area (Å²) >= 11 is 9.74. The molecule has 0 unspecified atom stereocenters. The summed E-state index contributed by atoms with van der Waals surface area (Å²) in [5, 5.41) is 5.24. The highest BCUT2D eigenvalue weighted by Gasteiger charge is 2.23. The molecule has 4 aromatic carbocycles. The normalized spacial score (nSPS) is 11.1. The number of halogens is 2. The van der Waals surface area contributed by atoms with E-state index < -0.39 is 11.9 Å². The van der Waals surface area contributed by atoms with E-state index in [1.165, 1.54) is 6.21 Å². The van der Waals surface area contributed by atoms with E-state index in [-0.39, 0.29) is 16.3 Å². The van der Waals surface area contributed by atoms with Crippen molar-refractivity contribution >= 4 is 56.5 Å². The number of rotatable bonds is 7. The van der Waals surface area contributed by atoms with E-state index in [2.05, 4.69) is 31.4 Å². The molecule has 5 aromatic rings. The van der Waals surface area contributed by atoms with Crippen LogP contribution >= 0.6 is 27.5 Å². The van der Waals surface area contributed by atoms with E-state index in [0.29, 0.717) is 28.1 Å². The molecule has 1 heterocycles. The molecule has 0 aliphatic carbocycles. The van der Waals surface area contributed by atoms with Gasteiger partial charge < -0.3 is 14.5 Å². The average Bonchev–Trinajstić information content (AvgIpc) is 3.37. The largest absolute Gasteiger partial charge is 0.495 e. The molecule has 194 valence electrons. The second kappa shape index (κ2) is 11.6. The van der Waals surface area contributed by atoms with Crippen LogP contribution < -0.4 is 14.9 Å². The summed E-state index contributed by atoms with van der Waals surface area (Å²) in [7, 11) is 1.58. The molecule has 7 nitrogen and oxygen atoms in total. The number of methoxy groups -OCH3 is 1. The van der Waals surface area contributed by atoms with Gasteiger partial charge in [0.1, 0.15) is 17.2 Å². The van der Waals surface area contributed by atoms with Crippen LogP contribution in [0.3, 0.4) is 0 Å². The number of amides is 1. The van der Waals surface area contributed by atoms with Gasteiger partial charge in [-0.1, -0.05) is 82.1 Å². The monoisotopic (exact) mass is 601 g/mol. The van der Waals surface area contributed by atoms with Crippen molar-refractivity contribution < 1.29 is 19.1 Å². The Morgan fingerprint density at radius 2 is 1.64 bits per heavy atom. The van der Waals surface area contributed by atoms with Gasteiger partial charge >= 0.3 is 5.97 Å². The second-order valence-electron chi connectivity index (χ2n) is 8.35. The fraction of sp³-hybridized carbons (Fsp3) is 0.0333. The van der Waals surface area contributed by atoms with Crippen molar-refractivity contribution in [1.29, 1.82) is 0 Å². The zero-order valence-electron chi connectivity index (χ0n) is 20.6. The number of carbonyl (C=O) groups is 2. The molecule has 1 amide bonds. The highest BCUT2D eigenvalue weighted by atomic mass is 79.9. The Bertz CT molecular complexity index is 1720. The third kappa shape index (κ3) is 5.43.